The van der Waals surface area contributed by atoms with Crippen molar-refractivity contribution in [1.29, 1.82) is 0 Å². The van der Waals surface area contributed by atoms with E-state index < -0.39 is 30.0 Å². The Balaban J connectivity index is 1.59. The van der Waals surface area contributed by atoms with Crippen LogP contribution in [0.25, 0.3) is 0 Å². The molecule has 0 radical (unpaired) electrons. The van der Waals surface area contributed by atoms with Gasteiger partial charge in [-0.1, -0.05) is 42.8 Å². The van der Waals surface area contributed by atoms with Gasteiger partial charge in [-0.2, -0.15) is 0 Å². The molecule has 2 aromatic rings. The van der Waals surface area contributed by atoms with Crippen molar-refractivity contribution in [2.45, 2.75) is 57.2 Å². The molecule has 1 unspecified atom stereocenters. The zero-order valence-electron chi connectivity index (χ0n) is 17.5. The standard InChI is InChI=1S/C24H29ClO5/c1-4-29-18-8-5-15(6-9-18)11-17-12-16(7-10-19(17)25)23-22(28)21(27)20-13(2)24(20,30-23)14(3)26/h5-10,12-14,20-23,26-28H,4,11H2,1-3H3/t13-,14?,20-,21+,22-,23+,24+/m1/s1. The van der Waals surface area contributed by atoms with E-state index in [1.165, 1.54) is 0 Å². The molecule has 1 saturated heterocycles. The molecule has 3 N–H and O–H groups in total. The Kier molecular flexibility index (Phi) is 5.86. The first-order valence-corrected chi connectivity index (χ1v) is 10.9. The normalized spacial score (nSPS) is 33.6. The van der Waals surface area contributed by atoms with Crippen molar-refractivity contribution in [2.75, 3.05) is 6.61 Å². The van der Waals surface area contributed by atoms with E-state index in [2.05, 4.69) is 0 Å². The van der Waals surface area contributed by atoms with Crippen molar-refractivity contribution >= 4 is 11.6 Å². The number of ether oxygens (including phenoxy) is 2. The van der Waals surface area contributed by atoms with Gasteiger partial charge in [0.2, 0.25) is 0 Å². The van der Waals surface area contributed by atoms with E-state index in [-0.39, 0.29) is 11.8 Å². The van der Waals surface area contributed by atoms with Crippen molar-refractivity contribution in [1.82, 2.24) is 0 Å². The molecular weight excluding hydrogens is 404 g/mol. The van der Waals surface area contributed by atoms with E-state index in [0.29, 0.717) is 18.1 Å². The van der Waals surface area contributed by atoms with Gasteiger partial charge < -0.3 is 24.8 Å². The Bertz CT molecular complexity index is 899. The van der Waals surface area contributed by atoms with E-state index in [1.807, 2.05) is 50.2 Å². The lowest BCUT2D eigenvalue weighted by Gasteiger charge is -2.38. The Morgan fingerprint density at radius 1 is 1.13 bits per heavy atom. The second-order valence-corrected chi connectivity index (χ2v) is 8.88. The van der Waals surface area contributed by atoms with Crippen LogP contribution in [0.1, 0.15) is 43.6 Å². The molecule has 1 heterocycles. The molecule has 4 rings (SSSR count). The van der Waals surface area contributed by atoms with Crippen LogP contribution in [0, 0.1) is 11.8 Å². The first-order valence-electron chi connectivity index (χ1n) is 10.5. The number of halogens is 1. The van der Waals surface area contributed by atoms with E-state index in [9.17, 15) is 15.3 Å². The van der Waals surface area contributed by atoms with Gasteiger partial charge >= 0.3 is 0 Å². The van der Waals surface area contributed by atoms with Gasteiger partial charge in [-0.15, -0.1) is 0 Å². The highest BCUT2D eigenvalue weighted by Crippen LogP contribution is 2.63. The van der Waals surface area contributed by atoms with Crippen LogP contribution < -0.4 is 4.74 Å². The molecule has 1 aliphatic heterocycles. The van der Waals surface area contributed by atoms with E-state index >= 15 is 0 Å². The average Bonchev–Trinajstić information content (AvgIpc) is 3.34. The summed E-state index contributed by atoms with van der Waals surface area (Å²) in [6.07, 6.45) is -2.86. The lowest BCUT2D eigenvalue weighted by molar-refractivity contribution is -0.202. The van der Waals surface area contributed by atoms with Gasteiger partial charge in [0.05, 0.1) is 18.8 Å². The van der Waals surface area contributed by atoms with Crippen LogP contribution in [0.3, 0.4) is 0 Å². The summed E-state index contributed by atoms with van der Waals surface area (Å²) in [4.78, 5) is 0. The molecule has 0 spiro atoms. The predicted octanol–water partition coefficient (Wildman–Crippen LogP) is 3.51. The summed E-state index contributed by atoms with van der Waals surface area (Å²) in [5, 5.41) is 32.3. The molecule has 5 nitrogen and oxygen atoms in total. The fourth-order valence-corrected chi connectivity index (χ4v) is 5.22. The summed E-state index contributed by atoms with van der Waals surface area (Å²) in [7, 11) is 0. The molecule has 30 heavy (non-hydrogen) atoms. The van der Waals surface area contributed by atoms with Crippen molar-refractivity contribution < 1.29 is 24.8 Å². The van der Waals surface area contributed by atoms with Crippen LogP contribution in [0.15, 0.2) is 42.5 Å². The van der Waals surface area contributed by atoms with Gasteiger partial charge in [0, 0.05) is 10.9 Å². The Hall–Kier alpha value is -1.63. The average molecular weight is 433 g/mol. The SMILES string of the molecule is CCOc1ccc(Cc2cc([C@@H]3O[C@@]4(C(C)O)[C@@H]([C@H](O)[C@H]3O)[C@H]4C)ccc2Cl)cc1. The molecule has 0 aromatic heterocycles. The fraction of sp³-hybridized carbons (Fsp3) is 0.500. The number of benzene rings is 2. The van der Waals surface area contributed by atoms with Crippen LogP contribution >= 0.6 is 11.6 Å². The lowest BCUT2D eigenvalue weighted by Crippen LogP contribution is -2.48. The summed E-state index contributed by atoms with van der Waals surface area (Å²) in [6, 6.07) is 13.4. The molecule has 2 aromatic carbocycles. The maximum atomic E-state index is 10.7. The highest BCUT2D eigenvalue weighted by Gasteiger charge is 2.73. The molecule has 2 fully saturated rings. The van der Waals surface area contributed by atoms with Crippen molar-refractivity contribution in [2.24, 2.45) is 11.8 Å². The van der Waals surface area contributed by atoms with Crippen LogP contribution in [0.4, 0.5) is 0 Å². The second-order valence-electron chi connectivity index (χ2n) is 8.47. The molecule has 1 aliphatic carbocycles. The smallest absolute Gasteiger partial charge is 0.119 e. The molecule has 162 valence electrons. The summed E-state index contributed by atoms with van der Waals surface area (Å²) in [5.41, 5.74) is 1.90. The van der Waals surface area contributed by atoms with Crippen LogP contribution in [0.2, 0.25) is 5.02 Å². The molecule has 6 heteroatoms. The molecule has 1 saturated carbocycles. The Labute approximate surface area is 182 Å². The third-order valence-corrected chi connectivity index (χ3v) is 7.07. The third-order valence-electron chi connectivity index (χ3n) is 6.70. The number of aliphatic hydroxyl groups is 3. The zero-order chi connectivity index (χ0) is 21.6. The lowest BCUT2D eigenvalue weighted by atomic mass is 9.90. The van der Waals surface area contributed by atoms with Crippen LogP contribution in [-0.4, -0.2) is 45.8 Å². The minimum Gasteiger partial charge on any atom is -0.494 e. The molecule has 0 bridgehead atoms. The van der Waals surface area contributed by atoms with E-state index in [4.69, 9.17) is 21.1 Å². The summed E-state index contributed by atoms with van der Waals surface area (Å²) in [5.74, 6) is 0.535. The van der Waals surface area contributed by atoms with Crippen molar-refractivity contribution in [3.63, 3.8) is 0 Å². The third kappa shape index (κ3) is 3.53. The molecule has 0 amide bonds. The van der Waals surface area contributed by atoms with Crippen LogP contribution in [-0.2, 0) is 11.2 Å². The number of hydrogen-bond donors (Lipinski definition) is 3. The summed E-state index contributed by atoms with van der Waals surface area (Å²) >= 11 is 6.45. The van der Waals surface area contributed by atoms with E-state index in [0.717, 1.165) is 22.4 Å². The van der Waals surface area contributed by atoms with Crippen molar-refractivity contribution in [3.8, 4) is 5.75 Å². The minimum atomic E-state index is -1.06. The fourth-order valence-electron chi connectivity index (χ4n) is 5.04. The van der Waals surface area contributed by atoms with Crippen molar-refractivity contribution in [3.05, 3.63) is 64.2 Å². The van der Waals surface area contributed by atoms with E-state index in [1.54, 1.807) is 13.0 Å². The topological polar surface area (TPSA) is 79.2 Å². The minimum absolute atomic E-state index is 0.0252. The maximum absolute atomic E-state index is 10.7. The predicted molar refractivity (Wildman–Crippen MR) is 115 cm³/mol. The van der Waals surface area contributed by atoms with Gasteiger partial charge in [-0.3, -0.25) is 0 Å². The quantitative estimate of drug-likeness (QED) is 0.651. The van der Waals surface area contributed by atoms with Gasteiger partial charge in [0.25, 0.3) is 0 Å². The number of hydrogen-bond acceptors (Lipinski definition) is 5. The molecule has 7 atom stereocenters. The first-order chi connectivity index (χ1) is 14.3. The second kappa shape index (κ2) is 8.13. The zero-order valence-corrected chi connectivity index (χ0v) is 18.2. The summed E-state index contributed by atoms with van der Waals surface area (Å²) in [6.45, 7) is 6.19. The number of rotatable bonds is 6. The molecular formula is C24H29ClO5. The highest BCUT2D eigenvalue weighted by molar-refractivity contribution is 6.31. The summed E-state index contributed by atoms with van der Waals surface area (Å²) < 4.78 is 11.8. The van der Waals surface area contributed by atoms with Gasteiger partial charge in [0.1, 0.15) is 23.6 Å². The van der Waals surface area contributed by atoms with Gasteiger partial charge in [-0.05, 0) is 61.1 Å². The molecule has 2 aliphatic rings. The largest absolute Gasteiger partial charge is 0.494 e. The number of fused-ring (bicyclic) bond motifs is 1. The van der Waals surface area contributed by atoms with Gasteiger partial charge in [0.15, 0.2) is 0 Å². The van der Waals surface area contributed by atoms with Crippen LogP contribution in [0.5, 0.6) is 5.75 Å². The monoisotopic (exact) mass is 432 g/mol. The Morgan fingerprint density at radius 2 is 1.83 bits per heavy atom. The number of aliphatic hydroxyl groups excluding tert-OH is 3. The highest BCUT2D eigenvalue weighted by atomic mass is 35.5. The first kappa shape index (κ1) is 21.6. The Morgan fingerprint density at radius 3 is 2.47 bits per heavy atom. The van der Waals surface area contributed by atoms with Gasteiger partial charge in [-0.25, -0.2) is 0 Å². The maximum Gasteiger partial charge on any atom is 0.119 e.